The van der Waals surface area contributed by atoms with Crippen molar-refractivity contribution in [2.75, 3.05) is 13.2 Å². The van der Waals surface area contributed by atoms with E-state index in [0.717, 1.165) is 19.6 Å². The molecule has 4 rings (SSSR count). The van der Waals surface area contributed by atoms with E-state index in [0.29, 0.717) is 42.9 Å². The third-order valence-electron chi connectivity index (χ3n) is 6.30. The van der Waals surface area contributed by atoms with Crippen LogP contribution in [0.1, 0.15) is 36.0 Å². The lowest BCUT2D eigenvalue weighted by atomic mass is 10.0. The van der Waals surface area contributed by atoms with Crippen molar-refractivity contribution >= 4 is 5.91 Å². The zero-order valence-electron chi connectivity index (χ0n) is 15.9. The molecule has 0 radical (unpaired) electrons. The number of fused-ring (bicyclic) bond motifs is 1. The molecule has 2 N–H and O–H groups in total. The molecule has 1 aromatic rings. The molecule has 3 fully saturated rings. The first-order chi connectivity index (χ1) is 14.0. The average Bonchev–Trinajstić information content (AvgIpc) is 3.06. The molecule has 30 heavy (non-hydrogen) atoms. The van der Waals surface area contributed by atoms with Crippen molar-refractivity contribution in [2.24, 2.45) is 17.8 Å². The Labute approximate surface area is 169 Å². The Morgan fingerprint density at radius 2 is 1.57 bits per heavy atom. The van der Waals surface area contributed by atoms with Crippen LogP contribution >= 0.6 is 0 Å². The summed E-state index contributed by atoms with van der Waals surface area (Å²) in [5.41, 5.74) is -3.00. The quantitative estimate of drug-likeness (QED) is 0.692. The molecule has 166 valence electrons. The normalized spacial score (nSPS) is 30.9. The van der Waals surface area contributed by atoms with Gasteiger partial charge in [-0.05, 0) is 43.0 Å². The van der Waals surface area contributed by atoms with E-state index < -0.39 is 23.5 Å². The molecule has 4 unspecified atom stereocenters. The fourth-order valence-corrected chi connectivity index (χ4v) is 4.59. The van der Waals surface area contributed by atoms with Gasteiger partial charge in [-0.2, -0.15) is 26.3 Å². The van der Waals surface area contributed by atoms with Crippen molar-refractivity contribution in [3.05, 3.63) is 34.9 Å². The summed E-state index contributed by atoms with van der Waals surface area (Å²) in [7, 11) is 0. The maximum absolute atomic E-state index is 12.9. The second-order valence-electron chi connectivity index (χ2n) is 8.40. The molecule has 1 amide bonds. The number of nitrogens with one attached hydrogen (secondary N) is 2. The van der Waals surface area contributed by atoms with Crippen molar-refractivity contribution in [3.8, 4) is 0 Å². The Bertz CT molecular complexity index is 767. The predicted molar refractivity (Wildman–Crippen MR) is 94.1 cm³/mol. The van der Waals surface area contributed by atoms with E-state index in [1.54, 1.807) is 0 Å². The molecule has 1 aliphatic heterocycles. The number of alkyl halides is 6. The highest BCUT2D eigenvalue weighted by atomic mass is 19.4. The molecule has 4 nitrogen and oxygen atoms in total. The molecular formula is C20H22F6N2O2. The number of ether oxygens (including phenoxy) is 1. The predicted octanol–water partition coefficient (Wildman–Crippen LogP) is 3.74. The summed E-state index contributed by atoms with van der Waals surface area (Å²) in [6.45, 7) is 1.14. The van der Waals surface area contributed by atoms with E-state index >= 15 is 0 Å². The number of halogens is 6. The van der Waals surface area contributed by atoms with E-state index in [9.17, 15) is 31.1 Å². The molecule has 2 saturated carbocycles. The van der Waals surface area contributed by atoms with Crippen LogP contribution < -0.4 is 10.6 Å². The molecule has 0 spiro atoms. The van der Waals surface area contributed by atoms with Crippen LogP contribution in [0.2, 0.25) is 0 Å². The Morgan fingerprint density at radius 3 is 2.13 bits per heavy atom. The van der Waals surface area contributed by atoms with Crippen molar-refractivity contribution in [1.82, 2.24) is 10.6 Å². The molecule has 1 aromatic carbocycles. The maximum atomic E-state index is 12.9. The minimum atomic E-state index is -4.91. The second kappa shape index (κ2) is 7.71. The van der Waals surface area contributed by atoms with E-state index in [4.69, 9.17) is 4.74 Å². The molecule has 1 saturated heterocycles. The highest BCUT2D eigenvalue weighted by Gasteiger charge is 2.54. The first-order valence-electron chi connectivity index (χ1n) is 9.92. The van der Waals surface area contributed by atoms with E-state index in [1.807, 2.05) is 0 Å². The number of amides is 1. The van der Waals surface area contributed by atoms with Crippen LogP contribution in [-0.2, 0) is 28.4 Å². The molecule has 0 aromatic heterocycles. The zero-order chi connectivity index (χ0) is 21.7. The number of carbonyl (C=O) groups excluding carboxylic acids is 1. The average molecular weight is 436 g/mol. The van der Waals surface area contributed by atoms with Crippen LogP contribution in [0.3, 0.4) is 0 Å². The Hall–Kier alpha value is -1.81. The van der Waals surface area contributed by atoms with Gasteiger partial charge in [0, 0.05) is 36.4 Å². The van der Waals surface area contributed by atoms with Crippen molar-refractivity contribution in [3.63, 3.8) is 0 Å². The largest absolute Gasteiger partial charge is 0.416 e. The van der Waals surface area contributed by atoms with Gasteiger partial charge in [0.15, 0.2) is 0 Å². The smallest absolute Gasteiger partial charge is 0.381 e. The Morgan fingerprint density at radius 1 is 0.967 bits per heavy atom. The van der Waals surface area contributed by atoms with Gasteiger partial charge in [-0.25, -0.2) is 0 Å². The minimum absolute atomic E-state index is 0.0802. The number of carbonyl (C=O) groups is 1. The monoisotopic (exact) mass is 436 g/mol. The minimum Gasteiger partial charge on any atom is -0.381 e. The van der Waals surface area contributed by atoms with Crippen LogP contribution in [-0.4, -0.2) is 31.2 Å². The summed E-state index contributed by atoms with van der Waals surface area (Å²) in [6.07, 6.45) is -7.75. The summed E-state index contributed by atoms with van der Waals surface area (Å²) >= 11 is 0. The fraction of sp³-hybridized carbons (Fsp3) is 0.650. The van der Waals surface area contributed by atoms with E-state index in [2.05, 4.69) is 10.6 Å². The van der Waals surface area contributed by atoms with E-state index in [-0.39, 0.29) is 36.0 Å². The number of hydrogen-bond acceptors (Lipinski definition) is 3. The van der Waals surface area contributed by atoms with Gasteiger partial charge >= 0.3 is 12.4 Å². The number of hydrogen-bond donors (Lipinski definition) is 2. The second-order valence-corrected chi connectivity index (χ2v) is 8.40. The summed E-state index contributed by atoms with van der Waals surface area (Å²) < 4.78 is 83.0. The molecule has 1 heterocycles. The summed E-state index contributed by atoms with van der Waals surface area (Å²) in [4.78, 5) is 12.4. The third kappa shape index (κ3) is 4.59. The van der Waals surface area contributed by atoms with Gasteiger partial charge in [0.2, 0.25) is 5.91 Å². The fourth-order valence-electron chi connectivity index (χ4n) is 4.59. The Kier molecular flexibility index (Phi) is 5.50. The molecular weight excluding hydrogens is 414 g/mol. The van der Waals surface area contributed by atoms with Gasteiger partial charge in [0.05, 0.1) is 24.3 Å². The Balaban J connectivity index is 1.33. The number of rotatable bonds is 5. The van der Waals surface area contributed by atoms with Crippen molar-refractivity contribution in [1.29, 1.82) is 0 Å². The number of benzene rings is 1. The van der Waals surface area contributed by atoms with E-state index in [1.165, 1.54) is 0 Å². The molecule has 10 heteroatoms. The van der Waals surface area contributed by atoms with Gasteiger partial charge in [0.1, 0.15) is 0 Å². The van der Waals surface area contributed by atoms with Gasteiger partial charge < -0.3 is 15.4 Å². The lowest BCUT2D eigenvalue weighted by Crippen LogP contribution is -2.34. The standard InChI is InChI=1S/C20H22F6N2O2/c21-19(22,23)12-3-10(4-13(6-12)20(24,25)26)7-27-18(29)11-1-2-14(5-11)28-17-15-8-30-9-16(15)17/h3-4,6,11,14-17,28H,1-2,5,7-9H2,(H,27,29). The van der Waals surface area contributed by atoms with Gasteiger partial charge in [0.25, 0.3) is 0 Å². The SMILES string of the molecule is O=C(NCc1cc(C(F)(F)F)cc(C(F)(F)F)c1)C1CCC(NC2C3COCC32)C1. The maximum Gasteiger partial charge on any atom is 0.416 e. The van der Waals surface area contributed by atoms with Crippen LogP contribution in [0.25, 0.3) is 0 Å². The van der Waals surface area contributed by atoms with Crippen LogP contribution in [0, 0.1) is 17.8 Å². The highest BCUT2D eigenvalue weighted by molar-refractivity contribution is 5.79. The molecule has 0 bridgehead atoms. The third-order valence-corrected chi connectivity index (χ3v) is 6.30. The van der Waals surface area contributed by atoms with Crippen LogP contribution in [0.4, 0.5) is 26.3 Å². The first-order valence-corrected chi connectivity index (χ1v) is 9.92. The van der Waals surface area contributed by atoms with Crippen LogP contribution in [0.5, 0.6) is 0 Å². The first kappa shape index (κ1) is 21.4. The van der Waals surface area contributed by atoms with Crippen molar-refractivity contribution in [2.45, 2.75) is 50.2 Å². The van der Waals surface area contributed by atoms with Crippen LogP contribution in [0.15, 0.2) is 18.2 Å². The topological polar surface area (TPSA) is 50.4 Å². The molecule has 2 aliphatic carbocycles. The van der Waals surface area contributed by atoms with Gasteiger partial charge in [-0.15, -0.1) is 0 Å². The summed E-state index contributed by atoms with van der Waals surface area (Å²) in [6, 6.07) is 1.99. The highest BCUT2D eigenvalue weighted by Crippen LogP contribution is 2.45. The molecule has 3 aliphatic rings. The lowest BCUT2D eigenvalue weighted by molar-refractivity contribution is -0.143. The van der Waals surface area contributed by atoms with Gasteiger partial charge in [-0.1, -0.05) is 0 Å². The summed E-state index contributed by atoms with van der Waals surface area (Å²) in [5.74, 6) is 0.443. The molecule has 4 atom stereocenters. The lowest BCUT2D eigenvalue weighted by Gasteiger charge is -2.16. The van der Waals surface area contributed by atoms with Crippen molar-refractivity contribution < 1.29 is 35.9 Å². The van der Waals surface area contributed by atoms with Gasteiger partial charge in [-0.3, -0.25) is 4.79 Å². The summed E-state index contributed by atoms with van der Waals surface area (Å²) in [5, 5.41) is 6.06. The zero-order valence-corrected chi connectivity index (χ0v) is 15.9.